The van der Waals surface area contributed by atoms with Crippen LogP contribution in [0.1, 0.15) is 25.7 Å². The van der Waals surface area contributed by atoms with Gasteiger partial charge in [-0.1, -0.05) is 6.42 Å². The summed E-state index contributed by atoms with van der Waals surface area (Å²) in [5.74, 6) is -0.0366. The van der Waals surface area contributed by atoms with Crippen molar-refractivity contribution in [3.05, 3.63) is 0 Å². The molecule has 0 saturated carbocycles. The minimum Gasteiger partial charge on any atom is -0.359 e. The molecule has 1 atom stereocenters. The summed E-state index contributed by atoms with van der Waals surface area (Å²) in [6.45, 7) is 1.32. The minimum absolute atomic E-state index is 0.0126. The maximum Gasteiger partial charge on any atom is 0.237 e. The van der Waals surface area contributed by atoms with Crippen molar-refractivity contribution in [1.82, 2.24) is 16.0 Å². The molecule has 0 aromatic rings. The number of carbonyl (C=O) groups excluding carboxylic acids is 2. The quantitative estimate of drug-likeness (QED) is 0.583. The third-order valence-corrected chi connectivity index (χ3v) is 2.56. The lowest BCUT2D eigenvalue weighted by Gasteiger charge is -2.22. The summed E-state index contributed by atoms with van der Waals surface area (Å²) >= 11 is 0. The first-order valence-electron chi connectivity index (χ1n) is 5.45. The summed E-state index contributed by atoms with van der Waals surface area (Å²) in [4.78, 5) is 22.5. The van der Waals surface area contributed by atoms with E-state index in [0.29, 0.717) is 13.0 Å². The Kier molecular flexibility index (Phi) is 5.10. The molecule has 0 unspecified atom stereocenters. The average Bonchev–Trinajstić information content (AvgIpc) is 2.29. The van der Waals surface area contributed by atoms with Gasteiger partial charge in [0, 0.05) is 20.0 Å². The van der Waals surface area contributed by atoms with Crippen molar-refractivity contribution in [2.75, 3.05) is 20.1 Å². The van der Waals surface area contributed by atoms with E-state index in [1.165, 1.54) is 0 Å². The second-order valence-corrected chi connectivity index (χ2v) is 3.72. The van der Waals surface area contributed by atoms with Gasteiger partial charge < -0.3 is 16.0 Å². The van der Waals surface area contributed by atoms with Crippen molar-refractivity contribution >= 4 is 11.8 Å². The molecule has 0 aromatic heterocycles. The molecular weight excluding hydrogens is 194 g/mol. The highest BCUT2D eigenvalue weighted by molar-refractivity contribution is 5.82. The lowest BCUT2D eigenvalue weighted by molar-refractivity contribution is -0.124. The SMILES string of the molecule is CNC(=O)CCNC(=O)[C@H]1CCCCN1. The van der Waals surface area contributed by atoms with Gasteiger partial charge >= 0.3 is 0 Å². The topological polar surface area (TPSA) is 70.2 Å². The first-order valence-corrected chi connectivity index (χ1v) is 5.45. The average molecular weight is 213 g/mol. The molecular formula is C10H19N3O2. The Bertz CT molecular complexity index is 225. The highest BCUT2D eigenvalue weighted by Gasteiger charge is 2.19. The van der Waals surface area contributed by atoms with Gasteiger partial charge in [-0.05, 0) is 19.4 Å². The van der Waals surface area contributed by atoms with E-state index in [4.69, 9.17) is 0 Å². The second kappa shape index (κ2) is 6.40. The van der Waals surface area contributed by atoms with Crippen LogP contribution in [0.4, 0.5) is 0 Å². The van der Waals surface area contributed by atoms with Gasteiger partial charge in [0.1, 0.15) is 0 Å². The van der Waals surface area contributed by atoms with Crippen LogP contribution in [-0.2, 0) is 9.59 Å². The van der Waals surface area contributed by atoms with E-state index >= 15 is 0 Å². The summed E-state index contributed by atoms with van der Waals surface area (Å²) in [5.41, 5.74) is 0. The number of hydrogen-bond donors (Lipinski definition) is 3. The molecule has 1 saturated heterocycles. The molecule has 1 aliphatic heterocycles. The molecule has 0 bridgehead atoms. The van der Waals surface area contributed by atoms with E-state index in [0.717, 1.165) is 25.8 Å². The van der Waals surface area contributed by atoms with E-state index in [2.05, 4.69) is 16.0 Å². The van der Waals surface area contributed by atoms with Crippen LogP contribution in [0, 0.1) is 0 Å². The number of hydrogen-bond acceptors (Lipinski definition) is 3. The monoisotopic (exact) mass is 213 g/mol. The Hall–Kier alpha value is -1.10. The first kappa shape index (κ1) is 12.0. The third kappa shape index (κ3) is 4.29. The number of nitrogens with one attached hydrogen (secondary N) is 3. The van der Waals surface area contributed by atoms with E-state index in [1.807, 2.05) is 0 Å². The zero-order valence-corrected chi connectivity index (χ0v) is 9.14. The summed E-state index contributed by atoms with van der Waals surface area (Å²) < 4.78 is 0. The Morgan fingerprint density at radius 2 is 2.20 bits per heavy atom. The Balaban J connectivity index is 2.14. The maximum atomic E-state index is 11.6. The standard InChI is InChI=1S/C10H19N3O2/c1-11-9(14)5-7-13-10(15)8-4-2-3-6-12-8/h8,12H,2-7H2,1H3,(H,11,14)(H,13,15)/t8-/m1/s1. The van der Waals surface area contributed by atoms with Crippen LogP contribution >= 0.6 is 0 Å². The number of amides is 2. The van der Waals surface area contributed by atoms with E-state index in [1.54, 1.807) is 7.05 Å². The van der Waals surface area contributed by atoms with Gasteiger partial charge in [-0.15, -0.1) is 0 Å². The van der Waals surface area contributed by atoms with Crippen LogP contribution in [0.25, 0.3) is 0 Å². The van der Waals surface area contributed by atoms with Crippen molar-refractivity contribution in [3.8, 4) is 0 Å². The van der Waals surface area contributed by atoms with Gasteiger partial charge in [-0.2, -0.15) is 0 Å². The lowest BCUT2D eigenvalue weighted by atomic mass is 10.0. The summed E-state index contributed by atoms with van der Waals surface area (Å²) in [7, 11) is 1.59. The fraction of sp³-hybridized carbons (Fsp3) is 0.800. The molecule has 0 spiro atoms. The fourth-order valence-corrected chi connectivity index (χ4v) is 1.62. The molecule has 1 fully saturated rings. The smallest absolute Gasteiger partial charge is 0.237 e. The fourth-order valence-electron chi connectivity index (χ4n) is 1.62. The third-order valence-electron chi connectivity index (χ3n) is 2.56. The second-order valence-electron chi connectivity index (χ2n) is 3.72. The highest BCUT2D eigenvalue weighted by Crippen LogP contribution is 2.06. The molecule has 5 nitrogen and oxygen atoms in total. The Labute approximate surface area is 90.0 Å². The van der Waals surface area contributed by atoms with Crippen LogP contribution in [0.5, 0.6) is 0 Å². The molecule has 86 valence electrons. The van der Waals surface area contributed by atoms with Gasteiger partial charge in [0.15, 0.2) is 0 Å². The zero-order valence-electron chi connectivity index (χ0n) is 9.14. The maximum absolute atomic E-state index is 11.6. The molecule has 0 aromatic carbocycles. The molecule has 5 heteroatoms. The summed E-state index contributed by atoms with van der Waals surface area (Å²) in [5, 5.41) is 8.43. The van der Waals surface area contributed by atoms with Crippen molar-refractivity contribution in [3.63, 3.8) is 0 Å². The number of rotatable bonds is 4. The Morgan fingerprint density at radius 3 is 2.80 bits per heavy atom. The van der Waals surface area contributed by atoms with Crippen LogP contribution in [0.3, 0.4) is 0 Å². The van der Waals surface area contributed by atoms with Crippen LogP contribution in [0.15, 0.2) is 0 Å². The van der Waals surface area contributed by atoms with Gasteiger partial charge in [0.2, 0.25) is 11.8 Å². The van der Waals surface area contributed by atoms with Crippen molar-refractivity contribution in [2.45, 2.75) is 31.7 Å². The first-order chi connectivity index (χ1) is 7.24. The lowest BCUT2D eigenvalue weighted by Crippen LogP contribution is -2.47. The largest absolute Gasteiger partial charge is 0.359 e. The van der Waals surface area contributed by atoms with Gasteiger partial charge in [-0.25, -0.2) is 0 Å². The molecule has 1 rings (SSSR count). The molecule has 0 aliphatic carbocycles. The summed E-state index contributed by atoms with van der Waals surface area (Å²) in [6, 6.07) is -0.0663. The van der Waals surface area contributed by atoms with Crippen molar-refractivity contribution in [2.24, 2.45) is 0 Å². The molecule has 1 aliphatic rings. The minimum atomic E-state index is -0.0663. The van der Waals surface area contributed by atoms with E-state index in [-0.39, 0.29) is 17.9 Å². The normalized spacial score (nSPS) is 20.7. The van der Waals surface area contributed by atoms with Crippen molar-refractivity contribution in [1.29, 1.82) is 0 Å². The van der Waals surface area contributed by atoms with Gasteiger partial charge in [-0.3, -0.25) is 9.59 Å². The molecule has 2 amide bonds. The number of piperidine rings is 1. The predicted octanol–water partition coefficient (Wildman–Crippen LogP) is -0.619. The van der Waals surface area contributed by atoms with Crippen molar-refractivity contribution < 1.29 is 9.59 Å². The molecule has 15 heavy (non-hydrogen) atoms. The Morgan fingerprint density at radius 1 is 1.40 bits per heavy atom. The predicted molar refractivity (Wildman–Crippen MR) is 57.3 cm³/mol. The van der Waals surface area contributed by atoms with Crippen LogP contribution in [-0.4, -0.2) is 38.0 Å². The highest BCUT2D eigenvalue weighted by atomic mass is 16.2. The molecule has 0 radical (unpaired) electrons. The van der Waals surface area contributed by atoms with E-state index in [9.17, 15) is 9.59 Å². The summed E-state index contributed by atoms with van der Waals surface area (Å²) in [6.07, 6.45) is 3.48. The molecule has 3 N–H and O–H groups in total. The van der Waals surface area contributed by atoms with Crippen LogP contribution in [0.2, 0.25) is 0 Å². The molecule has 1 heterocycles. The van der Waals surface area contributed by atoms with Gasteiger partial charge in [0.25, 0.3) is 0 Å². The van der Waals surface area contributed by atoms with E-state index < -0.39 is 0 Å². The van der Waals surface area contributed by atoms with Gasteiger partial charge in [0.05, 0.1) is 6.04 Å². The number of carbonyl (C=O) groups is 2. The zero-order chi connectivity index (χ0) is 11.1. The van der Waals surface area contributed by atoms with Crippen LogP contribution < -0.4 is 16.0 Å².